The molecule has 1 aliphatic rings. The number of methoxy groups -OCH3 is 1. The summed E-state index contributed by atoms with van der Waals surface area (Å²) in [6, 6.07) is 0.223. The molecule has 0 unspecified atom stereocenters. The average molecular weight is 255 g/mol. The molecule has 1 amide bonds. The van der Waals surface area contributed by atoms with E-state index in [0.717, 1.165) is 25.7 Å². The van der Waals surface area contributed by atoms with Crippen molar-refractivity contribution in [2.75, 3.05) is 7.11 Å². The van der Waals surface area contributed by atoms with E-state index in [1.54, 1.807) is 0 Å². The van der Waals surface area contributed by atoms with Crippen molar-refractivity contribution in [3.05, 3.63) is 0 Å². The minimum Gasteiger partial charge on any atom is -0.469 e. The molecule has 0 saturated heterocycles. The third kappa shape index (κ3) is 5.07. The predicted octanol–water partition coefficient (Wildman–Crippen LogP) is 2.27. The Morgan fingerprint density at radius 2 is 1.72 bits per heavy atom. The molecule has 0 aromatic carbocycles. The van der Waals surface area contributed by atoms with Gasteiger partial charge in [-0.15, -0.1) is 0 Å². The molecule has 1 N–H and O–H groups in total. The summed E-state index contributed by atoms with van der Waals surface area (Å²) in [6.45, 7) is 6.17. The summed E-state index contributed by atoms with van der Waals surface area (Å²) in [7, 11) is 1.43. The second-order valence-corrected chi connectivity index (χ2v) is 6.38. The van der Waals surface area contributed by atoms with Crippen LogP contribution >= 0.6 is 0 Å². The third-order valence-electron chi connectivity index (χ3n) is 3.32. The van der Waals surface area contributed by atoms with E-state index in [1.165, 1.54) is 7.11 Å². The monoisotopic (exact) mass is 255 g/mol. The van der Waals surface area contributed by atoms with Gasteiger partial charge in [-0.25, -0.2) is 0 Å². The van der Waals surface area contributed by atoms with E-state index in [0.29, 0.717) is 6.42 Å². The zero-order valence-electron chi connectivity index (χ0n) is 11.9. The molecule has 104 valence electrons. The summed E-state index contributed by atoms with van der Waals surface area (Å²) in [5.74, 6) is 0.0178. The van der Waals surface area contributed by atoms with Crippen LogP contribution in [0.25, 0.3) is 0 Å². The molecule has 0 aromatic rings. The van der Waals surface area contributed by atoms with Crippen molar-refractivity contribution in [3.8, 4) is 0 Å². The van der Waals surface area contributed by atoms with Crippen molar-refractivity contribution in [1.82, 2.24) is 5.32 Å². The molecule has 1 saturated carbocycles. The van der Waals surface area contributed by atoms with E-state index in [2.05, 4.69) is 26.1 Å². The number of carbonyl (C=O) groups is 2. The molecule has 0 bridgehead atoms. The van der Waals surface area contributed by atoms with Crippen LogP contribution in [0.3, 0.4) is 0 Å². The number of rotatable bonds is 3. The summed E-state index contributed by atoms with van der Waals surface area (Å²) in [5.41, 5.74) is 0.0211. The highest BCUT2D eigenvalue weighted by molar-refractivity contribution is 5.77. The zero-order chi connectivity index (χ0) is 13.8. The van der Waals surface area contributed by atoms with E-state index in [1.807, 2.05) is 0 Å². The fourth-order valence-electron chi connectivity index (χ4n) is 2.40. The molecule has 0 atom stereocenters. The minimum absolute atomic E-state index is 0.0192. The van der Waals surface area contributed by atoms with Crippen LogP contribution in [0.1, 0.15) is 52.9 Å². The highest BCUT2D eigenvalue weighted by Gasteiger charge is 2.28. The Balaban J connectivity index is 2.31. The standard InChI is InChI=1S/C14H25NO3/c1-14(2,3)9-12(16)15-11-7-5-10(6-8-11)13(17)18-4/h10-11H,5-9H2,1-4H3,(H,15,16). The van der Waals surface area contributed by atoms with Crippen LogP contribution in [0, 0.1) is 11.3 Å². The summed E-state index contributed by atoms with van der Waals surface area (Å²) in [6.07, 6.45) is 3.91. The van der Waals surface area contributed by atoms with Crippen molar-refractivity contribution >= 4 is 11.9 Å². The Labute approximate surface area is 109 Å². The second-order valence-electron chi connectivity index (χ2n) is 6.38. The van der Waals surface area contributed by atoms with Crippen LogP contribution in [0.4, 0.5) is 0 Å². The van der Waals surface area contributed by atoms with Gasteiger partial charge in [0.25, 0.3) is 0 Å². The predicted molar refractivity (Wildman–Crippen MR) is 70.0 cm³/mol. The maximum atomic E-state index is 11.8. The molecule has 0 radical (unpaired) electrons. The van der Waals surface area contributed by atoms with Gasteiger partial charge in [0.15, 0.2) is 0 Å². The van der Waals surface area contributed by atoms with Crippen LogP contribution in [0.5, 0.6) is 0 Å². The Kier molecular flexibility index (Phi) is 5.17. The van der Waals surface area contributed by atoms with Gasteiger partial charge < -0.3 is 10.1 Å². The van der Waals surface area contributed by atoms with Crippen LogP contribution in [-0.2, 0) is 14.3 Å². The number of ether oxygens (including phenoxy) is 1. The van der Waals surface area contributed by atoms with Crippen LogP contribution in [-0.4, -0.2) is 25.0 Å². The molecule has 1 fully saturated rings. The van der Waals surface area contributed by atoms with Crippen molar-refractivity contribution in [2.24, 2.45) is 11.3 Å². The van der Waals surface area contributed by atoms with Crippen LogP contribution < -0.4 is 5.32 Å². The third-order valence-corrected chi connectivity index (χ3v) is 3.32. The largest absolute Gasteiger partial charge is 0.469 e. The summed E-state index contributed by atoms with van der Waals surface area (Å²) in [5, 5.41) is 3.06. The SMILES string of the molecule is COC(=O)C1CCC(NC(=O)CC(C)(C)C)CC1. The lowest BCUT2D eigenvalue weighted by Crippen LogP contribution is -2.40. The normalized spacial score (nSPS) is 24.4. The van der Waals surface area contributed by atoms with Crippen molar-refractivity contribution < 1.29 is 14.3 Å². The van der Waals surface area contributed by atoms with Crippen LogP contribution in [0.15, 0.2) is 0 Å². The van der Waals surface area contributed by atoms with Crippen molar-refractivity contribution in [3.63, 3.8) is 0 Å². The summed E-state index contributed by atoms with van der Waals surface area (Å²) in [4.78, 5) is 23.2. The van der Waals surface area contributed by atoms with Gasteiger partial charge in [0.05, 0.1) is 13.0 Å². The van der Waals surface area contributed by atoms with Crippen molar-refractivity contribution in [1.29, 1.82) is 0 Å². The van der Waals surface area contributed by atoms with Gasteiger partial charge >= 0.3 is 5.97 Å². The average Bonchev–Trinajstić information content (AvgIpc) is 2.26. The van der Waals surface area contributed by atoms with E-state index in [-0.39, 0.29) is 29.3 Å². The van der Waals surface area contributed by atoms with Gasteiger partial charge in [-0.3, -0.25) is 9.59 Å². The number of amides is 1. The summed E-state index contributed by atoms with van der Waals surface area (Å²) >= 11 is 0. The number of hydrogen-bond donors (Lipinski definition) is 1. The molecule has 4 heteroatoms. The fourth-order valence-corrected chi connectivity index (χ4v) is 2.40. The lowest BCUT2D eigenvalue weighted by Gasteiger charge is -2.28. The lowest BCUT2D eigenvalue weighted by molar-refractivity contribution is -0.146. The molecule has 1 aliphatic carbocycles. The zero-order valence-corrected chi connectivity index (χ0v) is 11.9. The van der Waals surface area contributed by atoms with E-state index >= 15 is 0 Å². The molecule has 0 aliphatic heterocycles. The first-order valence-electron chi connectivity index (χ1n) is 6.69. The molecule has 4 nitrogen and oxygen atoms in total. The summed E-state index contributed by atoms with van der Waals surface area (Å²) < 4.78 is 4.75. The maximum absolute atomic E-state index is 11.8. The minimum atomic E-state index is -0.116. The molecule has 18 heavy (non-hydrogen) atoms. The van der Waals surface area contributed by atoms with Gasteiger partial charge in [-0.1, -0.05) is 20.8 Å². The molecular weight excluding hydrogens is 230 g/mol. The van der Waals surface area contributed by atoms with Gasteiger partial charge in [-0.05, 0) is 31.1 Å². The van der Waals surface area contributed by atoms with Crippen LogP contribution in [0.2, 0.25) is 0 Å². The smallest absolute Gasteiger partial charge is 0.308 e. The van der Waals surface area contributed by atoms with E-state index < -0.39 is 0 Å². The second kappa shape index (κ2) is 6.21. The Bertz CT molecular complexity index is 299. The Morgan fingerprint density at radius 1 is 1.17 bits per heavy atom. The van der Waals surface area contributed by atoms with E-state index in [9.17, 15) is 9.59 Å². The number of esters is 1. The fraction of sp³-hybridized carbons (Fsp3) is 0.857. The number of hydrogen-bond acceptors (Lipinski definition) is 3. The molecule has 0 spiro atoms. The quantitative estimate of drug-likeness (QED) is 0.787. The van der Waals surface area contributed by atoms with Crippen molar-refractivity contribution in [2.45, 2.75) is 58.9 Å². The highest BCUT2D eigenvalue weighted by atomic mass is 16.5. The number of carbonyl (C=O) groups excluding carboxylic acids is 2. The Hall–Kier alpha value is -1.06. The molecule has 1 rings (SSSR count). The maximum Gasteiger partial charge on any atom is 0.308 e. The lowest BCUT2D eigenvalue weighted by atomic mass is 9.85. The highest BCUT2D eigenvalue weighted by Crippen LogP contribution is 2.26. The van der Waals surface area contributed by atoms with E-state index in [4.69, 9.17) is 4.74 Å². The number of nitrogens with one attached hydrogen (secondary N) is 1. The first-order valence-corrected chi connectivity index (χ1v) is 6.69. The first kappa shape index (κ1) is 15.0. The molecule has 0 aromatic heterocycles. The van der Waals surface area contributed by atoms with Gasteiger partial charge in [0.1, 0.15) is 0 Å². The topological polar surface area (TPSA) is 55.4 Å². The Morgan fingerprint density at radius 3 is 2.17 bits per heavy atom. The van der Waals surface area contributed by atoms with Gasteiger partial charge in [0, 0.05) is 12.5 Å². The van der Waals surface area contributed by atoms with Gasteiger partial charge in [0.2, 0.25) is 5.91 Å². The molecule has 0 heterocycles. The molecular formula is C14H25NO3. The first-order chi connectivity index (χ1) is 8.31. The van der Waals surface area contributed by atoms with Gasteiger partial charge in [-0.2, -0.15) is 0 Å².